The lowest BCUT2D eigenvalue weighted by Gasteiger charge is -2.17. The number of halogens is 3. The molecule has 0 fully saturated rings. The summed E-state index contributed by atoms with van der Waals surface area (Å²) < 4.78 is 76.7. The van der Waals surface area contributed by atoms with Crippen LogP contribution < -0.4 is 20.7 Å². The zero-order chi connectivity index (χ0) is 23.7. The fourth-order valence-electron chi connectivity index (χ4n) is 2.64. The molecule has 0 saturated carbocycles. The summed E-state index contributed by atoms with van der Waals surface area (Å²) in [5, 5.41) is 0. The van der Waals surface area contributed by atoms with Crippen molar-refractivity contribution in [1.29, 1.82) is 0 Å². The number of nitrogens with zero attached hydrogens (tertiary/aromatic N) is 1. The van der Waals surface area contributed by atoms with Crippen molar-refractivity contribution in [2.75, 3.05) is 25.7 Å². The minimum atomic E-state index is -3.71. The first kappa shape index (κ1) is 25.6. The molecule has 0 spiro atoms. The van der Waals surface area contributed by atoms with Gasteiger partial charge in [0.1, 0.15) is 25.8 Å². The number of hydrogen-bond acceptors (Lipinski definition) is 6. The summed E-state index contributed by atoms with van der Waals surface area (Å²) in [7, 11) is -3.71. The maximum atomic E-state index is 13.2. The predicted molar refractivity (Wildman–Crippen MR) is 110 cm³/mol. The van der Waals surface area contributed by atoms with Crippen molar-refractivity contribution < 1.29 is 31.1 Å². The van der Waals surface area contributed by atoms with Crippen LogP contribution in [0.3, 0.4) is 0 Å². The molecule has 1 atom stereocenters. The normalized spacial score (nSPS) is 12.8. The van der Waals surface area contributed by atoms with Crippen molar-refractivity contribution >= 4 is 10.0 Å². The number of nitrogens with one attached hydrogen (secondary N) is 2. The van der Waals surface area contributed by atoms with Crippen LogP contribution >= 0.6 is 0 Å². The third-order valence-electron chi connectivity index (χ3n) is 4.26. The second-order valence-electron chi connectivity index (χ2n) is 6.88. The lowest BCUT2D eigenvalue weighted by Crippen LogP contribution is -2.32. The number of sulfonamides is 1. The molecule has 0 aliphatic rings. The lowest BCUT2D eigenvalue weighted by molar-refractivity contribution is 0.0736. The number of alkyl halides is 2. The van der Waals surface area contributed by atoms with E-state index in [0.29, 0.717) is 11.8 Å². The van der Waals surface area contributed by atoms with Crippen LogP contribution in [0.4, 0.5) is 13.2 Å². The van der Waals surface area contributed by atoms with Gasteiger partial charge in [-0.1, -0.05) is 12.1 Å². The number of rotatable bonds is 13. The SMILES string of the molecule is C[C@@H](NS(=O)(=O)CCCOCn1cc(F)c(=O)[nH]c1=O)c1cccc(OC(CF)CF)c1. The lowest BCUT2D eigenvalue weighted by atomic mass is 10.1. The summed E-state index contributed by atoms with van der Waals surface area (Å²) >= 11 is 0. The standard InChI is InChI=1S/C19H24F3N3O6S/c1-13(14-4-2-5-15(8-14)31-16(9-20)10-21)24-32(28,29)7-3-6-30-12-25-11-17(22)18(26)23-19(25)27/h2,4-5,8,11,13,16,24H,3,6-7,9-10,12H2,1H3,(H,23,26,27)/t13-/m1/s1. The number of aromatic amines is 1. The van der Waals surface area contributed by atoms with E-state index in [1.54, 1.807) is 24.0 Å². The third-order valence-corrected chi connectivity index (χ3v) is 5.80. The highest BCUT2D eigenvalue weighted by Crippen LogP contribution is 2.21. The van der Waals surface area contributed by atoms with E-state index in [4.69, 9.17) is 9.47 Å². The molecule has 13 heteroatoms. The van der Waals surface area contributed by atoms with Gasteiger partial charge in [0.25, 0.3) is 5.56 Å². The molecule has 0 aliphatic carbocycles. The molecule has 0 saturated heterocycles. The molecule has 0 amide bonds. The zero-order valence-electron chi connectivity index (χ0n) is 17.2. The van der Waals surface area contributed by atoms with Crippen LogP contribution in [0.25, 0.3) is 0 Å². The minimum Gasteiger partial charge on any atom is -0.485 e. The molecule has 0 radical (unpaired) electrons. The van der Waals surface area contributed by atoms with E-state index in [2.05, 4.69) is 4.72 Å². The first-order valence-electron chi connectivity index (χ1n) is 9.60. The molecule has 0 unspecified atom stereocenters. The first-order chi connectivity index (χ1) is 15.1. The molecule has 32 heavy (non-hydrogen) atoms. The summed E-state index contributed by atoms with van der Waals surface area (Å²) in [5.74, 6) is -1.21. The van der Waals surface area contributed by atoms with Gasteiger partial charge in [0.05, 0.1) is 11.9 Å². The van der Waals surface area contributed by atoms with Crippen molar-refractivity contribution in [2.45, 2.75) is 32.2 Å². The van der Waals surface area contributed by atoms with Gasteiger partial charge in [-0.25, -0.2) is 26.7 Å². The van der Waals surface area contributed by atoms with E-state index in [1.165, 1.54) is 12.1 Å². The molecule has 2 rings (SSSR count). The molecule has 0 bridgehead atoms. The highest BCUT2D eigenvalue weighted by atomic mass is 32.2. The fourth-order valence-corrected chi connectivity index (χ4v) is 3.93. The van der Waals surface area contributed by atoms with Crippen molar-refractivity contribution in [3.63, 3.8) is 0 Å². The zero-order valence-corrected chi connectivity index (χ0v) is 18.0. The number of H-pyrrole nitrogens is 1. The molecule has 1 aromatic heterocycles. The molecule has 1 heterocycles. The minimum absolute atomic E-state index is 0.0420. The monoisotopic (exact) mass is 479 g/mol. The van der Waals surface area contributed by atoms with Crippen molar-refractivity contribution in [1.82, 2.24) is 14.3 Å². The average molecular weight is 479 g/mol. The van der Waals surface area contributed by atoms with Gasteiger partial charge in [-0.15, -0.1) is 0 Å². The largest absolute Gasteiger partial charge is 0.485 e. The Bertz CT molecular complexity index is 1100. The van der Waals surface area contributed by atoms with Gasteiger partial charge >= 0.3 is 5.69 Å². The predicted octanol–water partition coefficient (Wildman–Crippen LogP) is 1.41. The molecule has 178 valence electrons. The summed E-state index contributed by atoms with van der Waals surface area (Å²) in [6.45, 7) is -0.777. The van der Waals surface area contributed by atoms with Crippen molar-refractivity contribution in [3.8, 4) is 5.75 Å². The van der Waals surface area contributed by atoms with Gasteiger partial charge in [-0.3, -0.25) is 14.3 Å². The summed E-state index contributed by atoms with van der Waals surface area (Å²) in [6, 6.07) is 5.60. The third kappa shape index (κ3) is 7.80. The Balaban J connectivity index is 1.83. The Morgan fingerprint density at radius 1 is 1.22 bits per heavy atom. The first-order valence-corrected chi connectivity index (χ1v) is 11.3. The Kier molecular flexibility index (Phi) is 9.47. The van der Waals surface area contributed by atoms with Gasteiger partial charge in [-0.2, -0.15) is 4.39 Å². The topological polar surface area (TPSA) is 119 Å². The number of benzene rings is 1. The van der Waals surface area contributed by atoms with Crippen LogP contribution in [0.15, 0.2) is 40.1 Å². The van der Waals surface area contributed by atoms with E-state index in [1.807, 2.05) is 0 Å². The van der Waals surface area contributed by atoms with E-state index in [0.717, 1.165) is 4.57 Å². The molecular formula is C19H24F3N3O6S. The molecule has 0 aliphatic heterocycles. The number of aromatic nitrogens is 2. The Labute approximate surface area is 182 Å². The Hall–Kier alpha value is -2.64. The summed E-state index contributed by atoms with van der Waals surface area (Å²) in [5.41, 5.74) is -1.45. The molecule has 2 N–H and O–H groups in total. The second-order valence-corrected chi connectivity index (χ2v) is 8.75. The van der Waals surface area contributed by atoms with Gasteiger partial charge < -0.3 is 9.47 Å². The van der Waals surface area contributed by atoms with Crippen molar-refractivity contribution in [3.05, 3.63) is 62.7 Å². The Morgan fingerprint density at radius 2 is 1.94 bits per heavy atom. The van der Waals surface area contributed by atoms with Gasteiger partial charge in [0, 0.05) is 12.6 Å². The van der Waals surface area contributed by atoms with Crippen LogP contribution in [-0.4, -0.2) is 49.8 Å². The van der Waals surface area contributed by atoms with Gasteiger partial charge in [0.2, 0.25) is 15.8 Å². The maximum Gasteiger partial charge on any atom is 0.330 e. The molecule has 2 aromatic rings. The average Bonchev–Trinajstić information content (AvgIpc) is 2.75. The van der Waals surface area contributed by atoms with E-state index >= 15 is 0 Å². The highest BCUT2D eigenvalue weighted by molar-refractivity contribution is 7.89. The van der Waals surface area contributed by atoms with Gasteiger partial charge in [-0.05, 0) is 31.0 Å². The molecular weight excluding hydrogens is 455 g/mol. The molecule has 1 aromatic carbocycles. The van der Waals surface area contributed by atoms with Crippen LogP contribution in [0.2, 0.25) is 0 Å². The highest BCUT2D eigenvalue weighted by Gasteiger charge is 2.17. The van der Waals surface area contributed by atoms with E-state index in [-0.39, 0.29) is 31.3 Å². The summed E-state index contributed by atoms with van der Waals surface area (Å²) in [4.78, 5) is 24.2. The van der Waals surface area contributed by atoms with E-state index in [9.17, 15) is 31.2 Å². The number of hydrogen-bond donors (Lipinski definition) is 2. The maximum absolute atomic E-state index is 13.2. The van der Waals surface area contributed by atoms with Crippen LogP contribution in [0, 0.1) is 5.82 Å². The van der Waals surface area contributed by atoms with E-state index < -0.39 is 52.6 Å². The smallest absolute Gasteiger partial charge is 0.330 e. The van der Waals surface area contributed by atoms with Gasteiger partial charge in [0.15, 0.2) is 6.10 Å². The summed E-state index contributed by atoms with van der Waals surface area (Å²) in [6.07, 6.45) is -0.441. The van der Waals surface area contributed by atoms with Crippen LogP contribution in [-0.2, 0) is 21.5 Å². The van der Waals surface area contributed by atoms with Crippen molar-refractivity contribution in [2.24, 2.45) is 0 Å². The fraction of sp³-hybridized carbons (Fsp3) is 0.474. The molecule has 9 nitrogen and oxygen atoms in total. The quantitative estimate of drug-likeness (QED) is 0.419. The van der Waals surface area contributed by atoms with Crippen LogP contribution in [0.1, 0.15) is 24.9 Å². The number of ether oxygens (including phenoxy) is 2. The van der Waals surface area contributed by atoms with Crippen LogP contribution in [0.5, 0.6) is 5.75 Å². The Morgan fingerprint density at radius 3 is 2.62 bits per heavy atom. The second kappa shape index (κ2) is 11.8.